The first-order valence-corrected chi connectivity index (χ1v) is 14.2. The number of fused-ring (bicyclic) bond motifs is 1. The Morgan fingerprint density at radius 2 is 1.70 bits per heavy atom. The zero-order chi connectivity index (χ0) is 31.1. The second kappa shape index (κ2) is 14.2. The van der Waals surface area contributed by atoms with Crippen molar-refractivity contribution in [1.82, 2.24) is 19.5 Å². The molecule has 230 valence electrons. The first-order chi connectivity index (χ1) is 20.6. The highest BCUT2D eigenvalue weighted by Gasteiger charge is 2.50. The van der Waals surface area contributed by atoms with E-state index in [9.17, 15) is 19.2 Å². The molecule has 1 aromatic carbocycles. The molecule has 1 aliphatic rings. The van der Waals surface area contributed by atoms with Gasteiger partial charge in [0.2, 0.25) is 0 Å². The zero-order valence-electron chi connectivity index (χ0n) is 24.9. The Kier molecular flexibility index (Phi) is 10.4. The summed E-state index contributed by atoms with van der Waals surface area (Å²) in [5.41, 5.74) is 1.07. The minimum Gasteiger partial charge on any atom is -0.469 e. The number of nitrogens with one attached hydrogen (secondary N) is 1. The Morgan fingerprint density at radius 1 is 1.00 bits per heavy atom. The molecule has 2 unspecified atom stereocenters. The largest absolute Gasteiger partial charge is 0.469 e. The summed E-state index contributed by atoms with van der Waals surface area (Å²) in [6.07, 6.45) is 1.86. The number of aromatic nitrogens is 4. The molecule has 0 bridgehead atoms. The van der Waals surface area contributed by atoms with Crippen molar-refractivity contribution >= 4 is 40.8 Å². The maximum atomic E-state index is 12.8. The number of carbonyl (C=O) groups is 4. The second-order valence-electron chi connectivity index (χ2n) is 10.6. The molecule has 4 rings (SSSR count). The van der Waals surface area contributed by atoms with E-state index in [1.807, 2.05) is 19.9 Å². The number of nitrogens with zero attached hydrogens (tertiary/aromatic N) is 4. The number of anilines is 1. The Hall–Kier alpha value is -4.39. The van der Waals surface area contributed by atoms with Gasteiger partial charge >= 0.3 is 17.9 Å². The molecule has 0 radical (unpaired) electrons. The lowest BCUT2D eigenvalue weighted by Crippen LogP contribution is -2.39. The van der Waals surface area contributed by atoms with Crippen molar-refractivity contribution in [3.05, 3.63) is 48.5 Å². The summed E-state index contributed by atoms with van der Waals surface area (Å²) in [6, 6.07) is 8.67. The molecule has 43 heavy (non-hydrogen) atoms. The van der Waals surface area contributed by atoms with Crippen LogP contribution in [-0.4, -0.2) is 68.8 Å². The van der Waals surface area contributed by atoms with E-state index in [4.69, 9.17) is 18.9 Å². The number of methoxy groups -OCH3 is 1. The summed E-state index contributed by atoms with van der Waals surface area (Å²) in [5, 5.41) is 2.77. The molecule has 1 N–H and O–H groups in total. The summed E-state index contributed by atoms with van der Waals surface area (Å²) in [5.74, 6) is -1.71. The van der Waals surface area contributed by atoms with Gasteiger partial charge in [0, 0.05) is 19.4 Å². The highest BCUT2D eigenvalue weighted by Crippen LogP contribution is 2.39. The number of rotatable bonds is 12. The SMILES string of the molecule is CC[C@@H](CCC(C)C(=O)OC)C[C@H]1O[C@@H](n2cnc3c(NC(=O)c4ccccc4)ncnc32)[C@@H](OC(C)=O)C1OC(C)=O. The van der Waals surface area contributed by atoms with Crippen LogP contribution < -0.4 is 5.32 Å². The van der Waals surface area contributed by atoms with Crippen molar-refractivity contribution in [3.63, 3.8) is 0 Å². The fourth-order valence-electron chi connectivity index (χ4n) is 5.29. The lowest BCUT2D eigenvalue weighted by Gasteiger charge is -2.25. The van der Waals surface area contributed by atoms with Gasteiger partial charge in [-0.05, 0) is 37.3 Å². The average Bonchev–Trinajstić information content (AvgIpc) is 3.56. The van der Waals surface area contributed by atoms with Gasteiger partial charge in [0.05, 0.1) is 19.4 Å². The smallest absolute Gasteiger partial charge is 0.308 e. The summed E-state index contributed by atoms with van der Waals surface area (Å²) < 4.78 is 24.3. The monoisotopic (exact) mass is 595 g/mol. The molecule has 3 heterocycles. The number of imidazole rings is 1. The van der Waals surface area contributed by atoms with E-state index in [-0.39, 0.29) is 29.5 Å². The summed E-state index contributed by atoms with van der Waals surface area (Å²) in [6.45, 7) is 6.41. The van der Waals surface area contributed by atoms with Gasteiger partial charge in [-0.15, -0.1) is 0 Å². The Labute approximate surface area is 249 Å². The van der Waals surface area contributed by atoms with E-state index < -0.39 is 36.5 Å². The average molecular weight is 596 g/mol. The van der Waals surface area contributed by atoms with E-state index in [1.54, 1.807) is 28.8 Å². The molecule has 1 amide bonds. The lowest BCUT2D eigenvalue weighted by atomic mass is 9.89. The fourth-order valence-corrected chi connectivity index (χ4v) is 5.29. The Balaban J connectivity index is 1.63. The molecule has 1 saturated heterocycles. The quantitative estimate of drug-likeness (QED) is 0.239. The van der Waals surface area contributed by atoms with Crippen LogP contribution in [0.2, 0.25) is 0 Å². The molecule has 3 aromatic rings. The normalized spacial score (nSPS) is 21.1. The van der Waals surface area contributed by atoms with Gasteiger partial charge in [0.1, 0.15) is 12.4 Å². The molecule has 0 spiro atoms. The summed E-state index contributed by atoms with van der Waals surface area (Å²) in [7, 11) is 1.37. The van der Waals surface area contributed by atoms with Crippen LogP contribution in [0.5, 0.6) is 0 Å². The third-order valence-corrected chi connectivity index (χ3v) is 7.54. The van der Waals surface area contributed by atoms with Gasteiger partial charge in [0.25, 0.3) is 5.91 Å². The van der Waals surface area contributed by atoms with Crippen LogP contribution in [-0.2, 0) is 33.3 Å². The van der Waals surface area contributed by atoms with Gasteiger partial charge < -0.3 is 24.3 Å². The van der Waals surface area contributed by atoms with E-state index in [1.165, 1.54) is 33.6 Å². The molecule has 13 heteroatoms. The third-order valence-electron chi connectivity index (χ3n) is 7.54. The first-order valence-electron chi connectivity index (χ1n) is 14.2. The molecular weight excluding hydrogens is 558 g/mol. The number of hydrogen-bond acceptors (Lipinski definition) is 11. The van der Waals surface area contributed by atoms with E-state index >= 15 is 0 Å². The highest BCUT2D eigenvalue weighted by atomic mass is 16.6. The molecule has 13 nitrogen and oxygen atoms in total. The number of carbonyl (C=O) groups excluding carboxylic acids is 4. The lowest BCUT2D eigenvalue weighted by molar-refractivity contribution is -0.165. The molecule has 0 saturated carbocycles. The molecule has 2 aromatic heterocycles. The predicted octanol–water partition coefficient (Wildman–Crippen LogP) is 3.85. The van der Waals surface area contributed by atoms with Crippen molar-refractivity contribution < 1.29 is 38.1 Å². The van der Waals surface area contributed by atoms with Gasteiger partial charge in [-0.1, -0.05) is 38.5 Å². The van der Waals surface area contributed by atoms with Crippen LogP contribution in [0, 0.1) is 11.8 Å². The van der Waals surface area contributed by atoms with Crippen molar-refractivity contribution in [2.75, 3.05) is 12.4 Å². The van der Waals surface area contributed by atoms with Crippen molar-refractivity contribution in [2.45, 2.75) is 77.9 Å². The topological polar surface area (TPSA) is 161 Å². The number of amides is 1. The maximum Gasteiger partial charge on any atom is 0.308 e. The van der Waals surface area contributed by atoms with E-state index in [0.717, 1.165) is 6.42 Å². The van der Waals surface area contributed by atoms with E-state index in [0.29, 0.717) is 36.0 Å². The van der Waals surface area contributed by atoms with E-state index in [2.05, 4.69) is 20.3 Å². The van der Waals surface area contributed by atoms with Crippen LogP contribution in [0.3, 0.4) is 0 Å². The molecule has 1 fully saturated rings. The number of esters is 3. The Morgan fingerprint density at radius 3 is 2.35 bits per heavy atom. The van der Waals surface area contributed by atoms with Gasteiger partial charge in [-0.25, -0.2) is 15.0 Å². The van der Waals surface area contributed by atoms with Crippen LogP contribution >= 0.6 is 0 Å². The van der Waals surface area contributed by atoms with Crippen molar-refractivity contribution in [1.29, 1.82) is 0 Å². The van der Waals surface area contributed by atoms with Crippen LogP contribution in [0.1, 0.15) is 70.0 Å². The molecule has 0 aliphatic carbocycles. The van der Waals surface area contributed by atoms with Crippen LogP contribution in [0.15, 0.2) is 43.0 Å². The van der Waals surface area contributed by atoms with Crippen LogP contribution in [0.25, 0.3) is 11.2 Å². The first kappa shape index (κ1) is 31.5. The molecular formula is C30H37N5O8. The number of ether oxygens (including phenoxy) is 4. The van der Waals surface area contributed by atoms with Gasteiger partial charge in [0.15, 0.2) is 35.4 Å². The molecule has 6 atom stereocenters. The Bertz CT molecular complexity index is 1440. The summed E-state index contributed by atoms with van der Waals surface area (Å²) in [4.78, 5) is 62.1. The molecule has 1 aliphatic heterocycles. The fraction of sp³-hybridized carbons (Fsp3) is 0.500. The summed E-state index contributed by atoms with van der Waals surface area (Å²) >= 11 is 0. The highest BCUT2D eigenvalue weighted by molar-refractivity contribution is 6.06. The van der Waals surface area contributed by atoms with Gasteiger partial charge in [-0.2, -0.15) is 0 Å². The standard InChI is InChI=1S/C30H37N5O8/c1-6-20(13-12-17(2)30(39)40-5)14-22-24(41-18(3)36)25(42-19(4)37)29(43-22)35-16-33-23-26(31-15-32-27(23)35)34-28(38)21-10-8-7-9-11-21/h7-11,15-17,20,22,24-25,29H,6,12-14H2,1-5H3,(H,31,32,34,38)/t17?,20-,22+,24?,25-,29+/m0/s1. The number of benzene rings is 1. The zero-order valence-corrected chi connectivity index (χ0v) is 24.9. The maximum absolute atomic E-state index is 12.8. The second-order valence-corrected chi connectivity index (χ2v) is 10.6. The predicted molar refractivity (Wildman–Crippen MR) is 154 cm³/mol. The minimum absolute atomic E-state index is 0.119. The van der Waals surface area contributed by atoms with Crippen molar-refractivity contribution in [2.24, 2.45) is 11.8 Å². The number of hydrogen-bond donors (Lipinski definition) is 1. The third kappa shape index (κ3) is 7.53. The van der Waals surface area contributed by atoms with Crippen molar-refractivity contribution in [3.8, 4) is 0 Å². The minimum atomic E-state index is -1.01. The van der Waals surface area contributed by atoms with Crippen LogP contribution in [0.4, 0.5) is 5.82 Å². The van der Waals surface area contributed by atoms with Gasteiger partial charge in [-0.3, -0.25) is 23.7 Å².